The molecule has 382 valence electrons. The summed E-state index contributed by atoms with van der Waals surface area (Å²) in [6.45, 7) is 21.1. The number of anilines is 6. The molecule has 0 unspecified atom stereocenters. The molecule has 12 aromatic carbocycles. The first kappa shape index (κ1) is 50.0. The van der Waals surface area contributed by atoms with Gasteiger partial charge in [0.1, 0.15) is 11.6 Å². The standard InChI is InChI=1S/C74H62F2N2/c1-43-11-19-67(75)71(35-43)77(63-39-59(55-27-45(3)23-46(4)28-55)37-60(40-63)56-29-47(5)24-48(6)30-56)69-21-15-53-14-18-66-70(22-16-54-13-17-65(69)73(53)74(54)66)78(72-36-44(2)12-20-68(72)76)64-41-61(57-31-49(7)25-50(8)32-57)38-62(42-64)58-33-51(9)26-52(10)34-58/h11-42H,1-10H3. The van der Waals surface area contributed by atoms with E-state index in [4.69, 9.17) is 0 Å². The SMILES string of the molecule is Cc1cc(C)cc(-c2cc(-c3cc(C)cc(C)c3)cc(N(c3cc(C)ccc3F)c3ccc4ccc5c(N(c6cc(-c7cc(C)cc(C)c7)cc(-c7cc(C)cc(C)c7)c6)c6cc(C)ccc6F)ccc6ccc3c4c65)c2)c1. The van der Waals surface area contributed by atoms with E-state index in [1.54, 1.807) is 12.1 Å². The molecular formula is C74H62F2N2. The Morgan fingerprint density at radius 2 is 0.500 bits per heavy atom. The second-order valence-corrected chi connectivity index (χ2v) is 22.2. The molecule has 0 spiro atoms. The molecule has 0 atom stereocenters. The minimum absolute atomic E-state index is 0.322. The average molecular weight is 1020 g/mol. The van der Waals surface area contributed by atoms with Gasteiger partial charge in [0.2, 0.25) is 0 Å². The van der Waals surface area contributed by atoms with Crippen LogP contribution in [0.4, 0.5) is 42.9 Å². The van der Waals surface area contributed by atoms with Crippen LogP contribution in [0, 0.1) is 80.9 Å². The number of halogens is 2. The van der Waals surface area contributed by atoms with E-state index in [9.17, 15) is 0 Å². The molecule has 0 aliphatic heterocycles. The van der Waals surface area contributed by atoms with Crippen molar-refractivity contribution in [2.24, 2.45) is 0 Å². The van der Waals surface area contributed by atoms with Gasteiger partial charge in [0.15, 0.2) is 0 Å². The van der Waals surface area contributed by atoms with Crippen LogP contribution >= 0.6 is 0 Å². The summed E-state index contributed by atoms with van der Waals surface area (Å²) in [5.74, 6) is -0.644. The molecule has 12 aromatic rings. The van der Waals surface area contributed by atoms with Crippen molar-refractivity contribution in [3.05, 3.63) is 261 Å². The molecular weight excluding hydrogens is 955 g/mol. The summed E-state index contributed by atoms with van der Waals surface area (Å²) in [7, 11) is 0. The molecule has 0 N–H and O–H groups in total. The predicted molar refractivity (Wildman–Crippen MR) is 329 cm³/mol. The molecule has 78 heavy (non-hydrogen) atoms. The van der Waals surface area contributed by atoms with Crippen LogP contribution in [-0.2, 0) is 0 Å². The molecule has 0 aliphatic carbocycles. The van der Waals surface area contributed by atoms with Crippen LogP contribution in [0.2, 0.25) is 0 Å². The molecule has 0 aliphatic rings. The summed E-state index contributed by atoms with van der Waals surface area (Å²) < 4.78 is 34.1. The van der Waals surface area contributed by atoms with E-state index in [0.717, 1.165) is 111 Å². The lowest BCUT2D eigenvalue weighted by molar-refractivity contribution is 0.628. The molecule has 0 fully saturated rings. The first-order chi connectivity index (χ1) is 37.5. The Kier molecular flexibility index (Phi) is 12.6. The lowest BCUT2D eigenvalue weighted by Crippen LogP contribution is -2.14. The van der Waals surface area contributed by atoms with Gasteiger partial charge < -0.3 is 9.80 Å². The molecule has 4 heteroatoms. The molecule has 12 rings (SSSR count). The number of aryl methyl sites for hydroxylation is 10. The molecule has 2 nitrogen and oxygen atoms in total. The van der Waals surface area contributed by atoms with E-state index < -0.39 is 0 Å². The first-order valence-electron chi connectivity index (χ1n) is 27.0. The van der Waals surface area contributed by atoms with Crippen LogP contribution in [0.1, 0.15) is 55.6 Å². The molecule has 0 radical (unpaired) electrons. The fraction of sp³-hybridized carbons (Fsp3) is 0.135. The fourth-order valence-corrected chi connectivity index (χ4v) is 12.3. The van der Waals surface area contributed by atoms with Crippen LogP contribution in [0.15, 0.2) is 194 Å². The summed E-state index contributed by atoms with van der Waals surface area (Å²) in [5, 5.41) is 6.14. The van der Waals surface area contributed by atoms with Gasteiger partial charge in [-0.3, -0.25) is 0 Å². The quantitative estimate of drug-likeness (QED) is 0.126. The van der Waals surface area contributed by atoms with Crippen LogP contribution in [0.5, 0.6) is 0 Å². The van der Waals surface area contributed by atoms with Crippen LogP contribution in [0.3, 0.4) is 0 Å². The van der Waals surface area contributed by atoms with E-state index in [-0.39, 0.29) is 11.6 Å². The highest BCUT2D eigenvalue weighted by molar-refractivity contribution is 6.28. The van der Waals surface area contributed by atoms with Crippen molar-refractivity contribution < 1.29 is 8.78 Å². The lowest BCUT2D eigenvalue weighted by atomic mass is 9.91. The molecule has 0 saturated carbocycles. The molecule has 0 bridgehead atoms. The van der Waals surface area contributed by atoms with Crippen molar-refractivity contribution >= 4 is 66.4 Å². The average Bonchev–Trinajstić information content (AvgIpc) is 3.56. The summed E-state index contributed by atoms with van der Waals surface area (Å²) in [6.07, 6.45) is 0. The Balaban J connectivity index is 1.13. The minimum Gasteiger partial charge on any atom is -0.307 e. The second kappa shape index (κ2) is 19.6. The van der Waals surface area contributed by atoms with Crippen molar-refractivity contribution in [3.8, 4) is 44.5 Å². The Bertz CT molecular complexity index is 3870. The molecule has 0 heterocycles. The second-order valence-electron chi connectivity index (χ2n) is 22.2. The largest absolute Gasteiger partial charge is 0.307 e. The topological polar surface area (TPSA) is 6.48 Å². The lowest BCUT2D eigenvalue weighted by Gasteiger charge is -2.31. The third-order valence-electron chi connectivity index (χ3n) is 15.4. The van der Waals surface area contributed by atoms with E-state index in [2.05, 4.69) is 223 Å². The maximum Gasteiger partial charge on any atom is 0.147 e. The Morgan fingerprint density at radius 3 is 0.795 bits per heavy atom. The van der Waals surface area contributed by atoms with Gasteiger partial charge in [0.05, 0.1) is 22.7 Å². The van der Waals surface area contributed by atoms with E-state index in [0.29, 0.717) is 11.4 Å². The summed E-state index contributed by atoms with van der Waals surface area (Å²) in [5.41, 5.74) is 24.2. The minimum atomic E-state index is -0.322. The van der Waals surface area contributed by atoms with Gasteiger partial charge in [-0.15, -0.1) is 0 Å². The van der Waals surface area contributed by atoms with E-state index in [1.165, 1.54) is 44.5 Å². The zero-order chi connectivity index (χ0) is 54.3. The third-order valence-corrected chi connectivity index (χ3v) is 15.4. The van der Waals surface area contributed by atoms with Crippen molar-refractivity contribution in [1.82, 2.24) is 0 Å². The highest BCUT2D eigenvalue weighted by Gasteiger charge is 2.26. The summed E-state index contributed by atoms with van der Waals surface area (Å²) in [6, 6.07) is 68.2. The first-order valence-corrected chi connectivity index (χ1v) is 27.0. The zero-order valence-electron chi connectivity index (χ0n) is 46.1. The third kappa shape index (κ3) is 9.36. The Hall–Kier alpha value is -8.86. The maximum absolute atomic E-state index is 17.0. The Labute approximate surface area is 457 Å². The van der Waals surface area contributed by atoms with Gasteiger partial charge in [-0.05, 0) is 219 Å². The van der Waals surface area contributed by atoms with Crippen LogP contribution < -0.4 is 9.80 Å². The van der Waals surface area contributed by atoms with Crippen molar-refractivity contribution in [1.29, 1.82) is 0 Å². The number of rotatable bonds is 10. The number of benzene rings is 12. The van der Waals surface area contributed by atoms with Gasteiger partial charge in [-0.1, -0.05) is 166 Å². The highest BCUT2D eigenvalue weighted by atomic mass is 19.1. The van der Waals surface area contributed by atoms with Gasteiger partial charge in [0, 0.05) is 22.1 Å². The summed E-state index contributed by atoms with van der Waals surface area (Å²) in [4.78, 5) is 4.24. The summed E-state index contributed by atoms with van der Waals surface area (Å²) >= 11 is 0. The molecule has 0 aromatic heterocycles. The highest BCUT2D eigenvalue weighted by Crippen LogP contribution is 2.50. The van der Waals surface area contributed by atoms with Gasteiger partial charge in [0.25, 0.3) is 0 Å². The zero-order valence-corrected chi connectivity index (χ0v) is 46.1. The van der Waals surface area contributed by atoms with Gasteiger partial charge in [-0.25, -0.2) is 8.78 Å². The predicted octanol–water partition coefficient (Wildman–Crippen LogP) is 21.6. The van der Waals surface area contributed by atoms with E-state index in [1.807, 2.05) is 38.1 Å². The van der Waals surface area contributed by atoms with Crippen molar-refractivity contribution in [2.75, 3.05) is 9.80 Å². The number of hydrogen-bond donors (Lipinski definition) is 0. The monoisotopic (exact) mass is 1020 g/mol. The maximum atomic E-state index is 17.0. The van der Waals surface area contributed by atoms with Crippen LogP contribution in [0.25, 0.3) is 76.8 Å². The smallest absolute Gasteiger partial charge is 0.147 e. The number of hydrogen-bond acceptors (Lipinski definition) is 2. The number of nitrogens with zero attached hydrogens (tertiary/aromatic N) is 2. The van der Waals surface area contributed by atoms with Gasteiger partial charge in [-0.2, -0.15) is 0 Å². The van der Waals surface area contributed by atoms with E-state index >= 15 is 8.78 Å². The fourth-order valence-electron chi connectivity index (χ4n) is 12.3. The Morgan fingerprint density at radius 1 is 0.231 bits per heavy atom. The molecule has 0 saturated heterocycles. The van der Waals surface area contributed by atoms with Crippen molar-refractivity contribution in [3.63, 3.8) is 0 Å². The van der Waals surface area contributed by atoms with Crippen LogP contribution in [-0.4, -0.2) is 0 Å². The van der Waals surface area contributed by atoms with Gasteiger partial charge >= 0.3 is 0 Å². The molecule has 0 amide bonds. The normalized spacial score (nSPS) is 11.6. The van der Waals surface area contributed by atoms with Crippen molar-refractivity contribution in [2.45, 2.75) is 69.2 Å².